The maximum absolute atomic E-state index is 6.53. The Morgan fingerprint density at radius 1 is 1.08 bits per heavy atom. The Kier molecular flexibility index (Phi) is 3.61. The van der Waals surface area contributed by atoms with Crippen LogP contribution in [0.5, 0.6) is 5.75 Å². The first-order valence-corrected chi connectivity index (χ1v) is 10.2. The third-order valence-electron chi connectivity index (χ3n) is 7.41. The normalized spacial score (nSPS) is 34.8. The van der Waals surface area contributed by atoms with Crippen LogP contribution >= 0.6 is 0 Å². The monoisotopic (exact) mass is 355 g/mol. The van der Waals surface area contributed by atoms with Crippen molar-refractivity contribution in [2.45, 2.75) is 82.6 Å². The summed E-state index contributed by atoms with van der Waals surface area (Å²) in [7, 11) is -0.293. The van der Waals surface area contributed by atoms with E-state index in [1.54, 1.807) is 0 Å². The molecule has 1 spiro atoms. The van der Waals surface area contributed by atoms with E-state index in [1.165, 1.54) is 37.9 Å². The van der Waals surface area contributed by atoms with Crippen LogP contribution in [0.1, 0.15) is 58.9 Å². The van der Waals surface area contributed by atoms with E-state index >= 15 is 0 Å². The Bertz CT molecular complexity index is 718. The molecular weight excluding hydrogens is 325 g/mol. The molecule has 4 aliphatic heterocycles. The molecule has 4 aliphatic rings. The molecule has 3 saturated heterocycles. The molecule has 0 amide bonds. The predicted molar refractivity (Wildman–Crippen MR) is 103 cm³/mol. The quantitative estimate of drug-likeness (QED) is 0.725. The predicted octanol–water partition coefficient (Wildman–Crippen LogP) is 2.92. The highest BCUT2D eigenvalue weighted by Gasteiger charge is 2.52. The maximum atomic E-state index is 6.53. The highest BCUT2D eigenvalue weighted by molar-refractivity contribution is 6.62. The zero-order valence-electron chi connectivity index (χ0n) is 16.5. The minimum absolute atomic E-state index is 0.0163. The Labute approximate surface area is 157 Å². The van der Waals surface area contributed by atoms with Crippen LogP contribution in [0.3, 0.4) is 0 Å². The van der Waals surface area contributed by atoms with E-state index in [9.17, 15) is 0 Å². The second-order valence-electron chi connectivity index (χ2n) is 9.70. The zero-order valence-corrected chi connectivity index (χ0v) is 16.5. The van der Waals surface area contributed by atoms with Crippen molar-refractivity contribution in [3.05, 3.63) is 23.8 Å². The molecule has 1 aromatic rings. The average molecular weight is 355 g/mol. The molecule has 0 aliphatic carbocycles. The summed E-state index contributed by atoms with van der Waals surface area (Å²) in [6.45, 7) is 10.9. The molecule has 5 heteroatoms. The molecule has 2 atom stereocenters. The van der Waals surface area contributed by atoms with Gasteiger partial charge in [0, 0.05) is 31.8 Å². The Morgan fingerprint density at radius 2 is 1.85 bits per heavy atom. The van der Waals surface area contributed by atoms with Crippen molar-refractivity contribution in [1.29, 1.82) is 0 Å². The zero-order chi connectivity index (χ0) is 18.2. The topological polar surface area (TPSA) is 30.9 Å². The van der Waals surface area contributed by atoms with Gasteiger partial charge in [0.2, 0.25) is 0 Å². The number of fused-ring (bicyclic) bond motifs is 2. The van der Waals surface area contributed by atoms with Crippen molar-refractivity contribution in [3.8, 4) is 5.75 Å². The SMILES string of the molecule is CC1(C)OB(c2ccc3c(c2)CC2(CCN4CCCC4C2)O3)OC1(C)C. The number of nitrogens with zero attached hydrogens (tertiary/aromatic N) is 1. The number of ether oxygens (including phenoxy) is 1. The molecule has 0 saturated carbocycles. The van der Waals surface area contributed by atoms with Crippen LogP contribution in [-0.4, -0.2) is 48.0 Å². The lowest BCUT2D eigenvalue weighted by atomic mass is 9.77. The van der Waals surface area contributed by atoms with Crippen molar-refractivity contribution in [2.75, 3.05) is 13.1 Å². The van der Waals surface area contributed by atoms with Gasteiger partial charge in [0.25, 0.3) is 0 Å². The standard InChI is InChI=1S/C21H30BNO3/c1-19(2)20(3,4)26-22(25-19)16-7-8-18-15(12-16)13-21(24-18)9-11-23-10-5-6-17(23)14-21/h7-8,12,17H,5-6,9-11,13-14H2,1-4H3. The Morgan fingerprint density at radius 3 is 2.62 bits per heavy atom. The van der Waals surface area contributed by atoms with Gasteiger partial charge < -0.3 is 18.9 Å². The molecule has 5 rings (SSSR count). The molecule has 0 radical (unpaired) electrons. The second kappa shape index (κ2) is 5.49. The fourth-order valence-corrected chi connectivity index (χ4v) is 5.13. The minimum atomic E-state index is -0.302. The van der Waals surface area contributed by atoms with E-state index in [0.29, 0.717) is 0 Å². The molecule has 0 bridgehead atoms. The summed E-state index contributed by atoms with van der Waals surface area (Å²) in [6.07, 6.45) is 6.03. The second-order valence-corrected chi connectivity index (χ2v) is 9.70. The van der Waals surface area contributed by atoms with Crippen molar-refractivity contribution in [3.63, 3.8) is 0 Å². The van der Waals surface area contributed by atoms with Gasteiger partial charge in [-0.1, -0.05) is 12.1 Å². The lowest BCUT2D eigenvalue weighted by molar-refractivity contribution is 0.00195. The van der Waals surface area contributed by atoms with Crippen LogP contribution in [0, 0.1) is 0 Å². The highest BCUT2D eigenvalue weighted by atomic mass is 16.7. The lowest BCUT2D eigenvalue weighted by Crippen LogP contribution is -2.50. The van der Waals surface area contributed by atoms with Gasteiger partial charge >= 0.3 is 7.12 Å². The molecular formula is C21H30BNO3. The van der Waals surface area contributed by atoms with Crippen molar-refractivity contribution >= 4 is 12.6 Å². The molecule has 140 valence electrons. The summed E-state index contributed by atoms with van der Waals surface area (Å²) in [5.74, 6) is 1.07. The van der Waals surface area contributed by atoms with Crippen LogP contribution in [0.15, 0.2) is 18.2 Å². The third-order valence-corrected chi connectivity index (χ3v) is 7.41. The van der Waals surface area contributed by atoms with E-state index in [2.05, 4.69) is 50.8 Å². The van der Waals surface area contributed by atoms with Crippen LogP contribution in [0.2, 0.25) is 0 Å². The Balaban J connectivity index is 1.37. The molecule has 3 fully saturated rings. The number of hydrogen-bond acceptors (Lipinski definition) is 4. The minimum Gasteiger partial charge on any atom is -0.487 e. The summed E-state index contributed by atoms with van der Waals surface area (Å²) >= 11 is 0. The van der Waals surface area contributed by atoms with Crippen LogP contribution < -0.4 is 10.2 Å². The van der Waals surface area contributed by atoms with Crippen LogP contribution in [-0.2, 0) is 15.7 Å². The lowest BCUT2D eigenvalue weighted by Gasteiger charge is -2.41. The fraction of sp³-hybridized carbons (Fsp3) is 0.714. The molecule has 1 aromatic carbocycles. The largest absolute Gasteiger partial charge is 0.494 e. The first-order valence-electron chi connectivity index (χ1n) is 10.2. The first-order chi connectivity index (χ1) is 12.3. The van der Waals surface area contributed by atoms with Gasteiger partial charge in [0.05, 0.1) is 11.2 Å². The molecule has 26 heavy (non-hydrogen) atoms. The number of hydrogen-bond donors (Lipinski definition) is 0. The molecule has 4 nitrogen and oxygen atoms in total. The smallest absolute Gasteiger partial charge is 0.487 e. The maximum Gasteiger partial charge on any atom is 0.494 e. The highest BCUT2D eigenvalue weighted by Crippen LogP contribution is 2.44. The van der Waals surface area contributed by atoms with Gasteiger partial charge in [-0.2, -0.15) is 0 Å². The van der Waals surface area contributed by atoms with E-state index < -0.39 is 0 Å². The fourth-order valence-electron chi connectivity index (χ4n) is 5.13. The van der Waals surface area contributed by atoms with E-state index in [0.717, 1.165) is 30.1 Å². The molecule has 0 aromatic heterocycles. The first kappa shape index (κ1) is 17.1. The summed E-state index contributed by atoms with van der Waals surface area (Å²) in [4.78, 5) is 2.66. The van der Waals surface area contributed by atoms with E-state index in [-0.39, 0.29) is 23.9 Å². The van der Waals surface area contributed by atoms with Gasteiger partial charge in [-0.15, -0.1) is 0 Å². The number of benzene rings is 1. The van der Waals surface area contributed by atoms with Gasteiger partial charge in [-0.25, -0.2) is 0 Å². The van der Waals surface area contributed by atoms with E-state index in [4.69, 9.17) is 14.0 Å². The summed E-state index contributed by atoms with van der Waals surface area (Å²) in [6, 6.07) is 7.23. The molecule has 4 heterocycles. The number of rotatable bonds is 1. The van der Waals surface area contributed by atoms with Crippen molar-refractivity contribution in [2.24, 2.45) is 0 Å². The average Bonchev–Trinajstić information content (AvgIpc) is 3.21. The van der Waals surface area contributed by atoms with Gasteiger partial charge in [0.15, 0.2) is 0 Å². The van der Waals surface area contributed by atoms with Crippen molar-refractivity contribution in [1.82, 2.24) is 4.90 Å². The summed E-state index contributed by atoms with van der Waals surface area (Å²) in [5, 5.41) is 0. The van der Waals surface area contributed by atoms with Gasteiger partial charge in [-0.3, -0.25) is 0 Å². The van der Waals surface area contributed by atoms with Crippen LogP contribution in [0.4, 0.5) is 0 Å². The Hall–Kier alpha value is -1.04. The van der Waals surface area contributed by atoms with E-state index in [1.807, 2.05) is 0 Å². The summed E-state index contributed by atoms with van der Waals surface area (Å²) in [5.41, 5.74) is 1.85. The third kappa shape index (κ3) is 2.55. The number of piperidine rings is 1. The van der Waals surface area contributed by atoms with Gasteiger partial charge in [0.1, 0.15) is 11.4 Å². The van der Waals surface area contributed by atoms with Crippen molar-refractivity contribution < 1.29 is 14.0 Å². The van der Waals surface area contributed by atoms with Gasteiger partial charge in [-0.05, 0) is 64.2 Å². The molecule has 0 N–H and O–H groups in total. The van der Waals surface area contributed by atoms with Crippen LogP contribution in [0.25, 0.3) is 0 Å². The molecule has 2 unspecified atom stereocenters. The summed E-state index contributed by atoms with van der Waals surface area (Å²) < 4.78 is 19.0.